The molecule has 3 heterocycles. The van der Waals surface area contributed by atoms with E-state index in [0.717, 1.165) is 10.8 Å². The molecule has 0 atom stereocenters. The Kier molecular flexibility index (Phi) is 5.26. The predicted molar refractivity (Wildman–Crippen MR) is 111 cm³/mol. The van der Waals surface area contributed by atoms with E-state index in [4.69, 9.17) is 4.52 Å². The number of benzene rings is 1. The maximum atomic E-state index is 13.3. The van der Waals surface area contributed by atoms with Crippen molar-refractivity contribution in [1.29, 1.82) is 0 Å². The molecule has 8 heteroatoms. The molecule has 0 aliphatic carbocycles. The topological polar surface area (TPSA) is 80.9 Å². The minimum absolute atomic E-state index is 0.252. The van der Waals surface area contributed by atoms with Crippen molar-refractivity contribution in [2.24, 2.45) is 0 Å². The van der Waals surface area contributed by atoms with Crippen LogP contribution < -0.4 is 5.32 Å². The monoisotopic (exact) mass is 408 g/mol. The number of carbonyl (C=O) groups excluding carboxylic acids is 1. The van der Waals surface area contributed by atoms with Crippen LogP contribution in [0.2, 0.25) is 0 Å². The molecule has 0 aliphatic heterocycles. The van der Waals surface area contributed by atoms with Gasteiger partial charge in [-0.1, -0.05) is 12.1 Å². The summed E-state index contributed by atoms with van der Waals surface area (Å²) in [6.07, 6.45) is 1.62. The zero-order valence-electron chi connectivity index (χ0n) is 15.8. The highest BCUT2D eigenvalue weighted by Gasteiger charge is 2.19. The summed E-state index contributed by atoms with van der Waals surface area (Å²) in [5.41, 5.74) is 2.93. The van der Waals surface area contributed by atoms with Gasteiger partial charge in [0.05, 0.1) is 39.2 Å². The van der Waals surface area contributed by atoms with E-state index in [1.54, 1.807) is 43.1 Å². The number of hydrogen-bond acceptors (Lipinski definition) is 6. The van der Waals surface area contributed by atoms with Crippen molar-refractivity contribution in [2.75, 3.05) is 11.1 Å². The summed E-state index contributed by atoms with van der Waals surface area (Å²) < 4.78 is 18.6. The number of thioether (sulfide) groups is 1. The number of amides is 1. The lowest BCUT2D eigenvalue weighted by Gasteiger charge is -2.09. The molecule has 0 fully saturated rings. The van der Waals surface area contributed by atoms with Gasteiger partial charge in [0.15, 0.2) is 0 Å². The van der Waals surface area contributed by atoms with Crippen LogP contribution in [0.4, 0.5) is 10.1 Å². The van der Waals surface area contributed by atoms with Crippen LogP contribution in [0.25, 0.3) is 22.4 Å². The molecule has 3 aromatic heterocycles. The maximum Gasteiger partial charge on any atom is 0.259 e. The van der Waals surface area contributed by atoms with Crippen molar-refractivity contribution in [3.63, 3.8) is 0 Å². The number of anilines is 1. The van der Waals surface area contributed by atoms with E-state index < -0.39 is 0 Å². The predicted octanol–water partition coefficient (Wildman–Crippen LogP) is 5.10. The number of halogens is 1. The highest BCUT2D eigenvalue weighted by atomic mass is 32.2. The van der Waals surface area contributed by atoms with Crippen molar-refractivity contribution in [3.05, 3.63) is 65.7 Å². The van der Waals surface area contributed by atoms with Crippen molar-refractivity contribution >= 4 is 34.5 Å². The quantitative estimate of drug-likeness (QED) is 0.463. The first kappa shape index (κ1) is 19.1. The molecule has 1 N–H and O–H groups in total. The number of pyridine rings is 2. The van der Waals surface area contributed by atoms with Gasteiger partial charge >= 0.3 is 0 Å². The van der Waals surface area contributed by atoms with Crippen LogP contribution in [0.1, 0.15) is 23.0 Å². The van der Waals surface area contributed by atoms with E-state index in [1.807, 2.05) is 12.1 Å². The third-order valence-electron chi connectivity index (χ3n) is 4.29. The van der Waals surface area contributed by atoms with Crippen molar-refractivity contribution in [3.8, 4) is 11.3 Å². The zero-order valence-corrected chi connectivity index (χ0v) is 16.6. The SMILES string of the molecule is CCSc1ccc(NC(=O)c2cc(-c3ccc(F)cc3)nc3onc(C)c23)cn1. The van der Waals surface area contributed by atoms with Crippen LogP contribution in [0.5, 0.6) is 0 Å². The molecule has 4 rings (SSSR count). The molecule has 0 bridgehead atoms. The Hall–Kier alpha value is -3.26. The number of nitrogens with one attached hydrogen (secondary N) is 1. The third kappa shape index (κ3) is 3.97. The summed E-state index contributed by atoms with van der Waals surface area (Å²) in [6.45, 7) is 3.80. The largest absolute Gasteiger partial charge is 0.335 e. The lowest BCUT2D eigenvalue weighted by Crippen LogP contribution is -2.13. The minimum Gasteiger partial charge on any atom is -0.335 e. The van der Waals surface area contributed by atoms with Crippen LogP contribution in [0.3, 0.4) is 0 Å². The standard InChI is InChI=1S/C21H17FN4O2S/c1-3-29-18-9-8-15(11-23-18)24-20(27)16-10-17(13-4-6-14(22)7-5-13)25-21-19(16)12(2)26-28-21/h4-11H,3H2,1-2H3,(H,24,27). The average Bonchev–Trinajstić information content (AvgIpc) is 3.10. The zero-order chi connectivity index (χ0) is 20.4. The molecular formula is C21H17FN4O2S. The van der Waals surface area contributed by atoms with Gasteiger partial charge in [0.25, 0.3) is 11.6 Å². The number of fused-ring (bicyclic) bond motifs is 1. The summed E-state index contributed by atoms with van der Waals surface area (Å²) in [5.74, 6) is 0.248. The summed E-state index contributed by atoms with van der Waals surface area (Å²) in [7, 11) is 0. The van der Waals surface area contributed by atoms with Crippen LogP contribution in [0.15, 0.2) is 58.2 Å². The Morgan fingerprint density at radius 3 is 2.69 bits per heavy atom. The maximum absolute atomic E-state index is 13.3. The van der Waals surface area contributed by atoms with Crippen LogP contribution in [0, 0.1) is 12.7 Å². The molecule has 0 radical (unpaired) electrons. The molecule has 0 saturated heterocycles. The Morgan fingerprint density at radius 2 is 2.00 bits per heavy atom. The van der Waals surface area contributed by atoms with E-state index in [-0.39, 0.29) is 17.4 Å². The third-order valence-corrected chi connectivity index (χ3v) is 5.11. The number of hydrogen-bond donors (Lipinski definition) is 1. The Bertz CT molecular complexity index is 1170. The van der Waals surface area contributed by atoms with E-state index in [9.17, 15) is 9.18 Å². The molecule has 6 nitrogen and oxygen atoms in total. The molecule has 29 heavy (non-hydrogen) atoms. The van der Waals surface area contributed by atoms with Crippen LogP contribution in [-0.2, 0) is 0 Å². The summed E-state index contributed by atoms with van der Waals surface area (Å²) in [5, 5.41) is 8.23. The van der Waals surface area contributed by atoms with Gasteiger partial charge in [-0.15, -0.1) is 11.8 Å². The first-order valence-corrected chi connectivity index (χ1v) is 9.97. The number of aryl methyl sites for hydroxylation is 1. The second-order valence-electron chi connectivity index (χ2n) is 6.28. The first-order chi connectivity index (χ1) is 14.0. The molecule has 0 aliphatic rings. The van der Waals surface area contributed by atoms with Gasteiger partial charge in [-0.05, 0) is 55.1 Å². The fourth-order valence-electron chi connectivity index (χ4n) is 2.93. The molecule has 1 amide bonds. The van der Waals surface area contributed by atoms with Gasteiger partial charge < -0.3 is 9.84 Å². The highest BCUT2D eigenvalue weighted by molar-refractivity contribution is 7.99. The molecule has 146 valence electrons. The van der Waals surface area contributed by atoms with E-state index >= 15 is 0 Å². The van der Waals surface area contributed by atoms with Crippen molar-refractivity contribution in [1.82, 2.24) is 15.1 Å². The second kappa shape index (κ2) is 8.00. The lowest BCUT2D eigenvalue weighted by atomic mass is 10.0. The van der Waals surface area contributed by atoms with Crippen LogP contribution in [-0.4, -0.2) is 26.8 Å². The smallest absolute Gasteiger partial charge is 0.259 e. The molecule has 0 saturated carbocycles. The Balaban J connectivity index is 1.72. The number of aromatic nitrogens is 3. The number of nitrogens with zero attached hydrogens (tertiary/aromatic N) is 3. The first-order valence-electron chi connectivity index (χ1n) is 8.98. The van der Waals surface area contributed by atoms with E-state index in [2.05, 4.69) is 27.4 Å². The van der Waals surface area contributed by atoms with Gasteiger partial charge in [0, 0.05) is 5.56 Å². The molecule has 4 aromatic rings. The number of carbonyl (C=O) groups is 1. The van der Waals surface area contributed by atoms with Crippen molar-refractivity contribution in [2.45, 2.75) is 18.9 Å². The molecule has 1 aromatic carbocycles. The Morgan fingerprint density at radius 1 is 1.21 bits per heavy atom. The number of rotatable bonds is 5. The van der Waals surface area contributed by atoms with Crippen LogP contribution >= 0.6 is 11.8 Å². The minimum atomic E-state index is -0.347. The normalized spacial score (nSPS) is 11.0. The van der Waals surface area contributed by atoms with E-state index in [0.29, 0.717) is 33.6 Å². The lowest BCUT2D eigenvalue weighted by molar-refractivity contribution is 0.102. The summed E-state index contributed by atoms with van der Waals surface area (Å²) in [6, 6.07) is 11.2. The fourth-order valence-corrected chi connectivity index (χ4v) is 3.52. The molecule has 0 unspecified atom stereocenters. The average molecular weight is 408 g/mol. The molecule has 0 spiro atoms. The highest BCUT2D eigenvalue weighted by Crippen LogP contribution is 2.28. The van der Waals surface area contributed by atoms with E-state index in [1.165, 1.54) is 12.1 Å². The molecular weight excluding hydrogens is 391 g/mol. The summed E-state index contributed by atoms with van der Waals surface area (Å²) in [4.78, 5) is 21.8. The van der Waals surface area contributed by atoms with Gasteiger partial charge in [-0.2, -0.15) is 0 Å². The van der Waals surface area contributed by atoms with Gasteiger partial charge in [0.2, 0.25) is 0 Å². The summed E-state index contributed by atoms with van der Waals surface area (Å²) >= 11 is 1.63. The Labute approximate surface area is 170 Å². The fraction of sp³-hybridized carbons (Fsp3) is 0.143. The second-order valence-corrected chi connectivity index (χ2v) is 7.57. The van der Waals surface area contributed by atoms with Gasteiger partial charge in [0.1, 0.15) is 5.82 Å². The van der Waals surface area contributed by atoms with Crippen molar-refractivity contribution < 1.29 is 13.7 Å². The van der Waals surface area contributed by atoms with Gasteiger partial charge in [-0.25, -0.2) is 14.4 Å². The van der Waals surface area contributed by atoms with Gasteiger partial charge in [-0.3, -0.25) is 4.79 Å².